The van der Waals surface area contributed by atoms with Crippen molar-refractivity contribution in [2.75, 3.05) is 12.8 Å². The van der Waals surface area contributed by atoms with Crippen LogP contribution in [0.3, 0.4) is 0 Å². The third kappa shape index (κ3) is 2.76. The summed E-state index contributed by atoms with van der Waals surface area (Å²) >= 11 is 1.48. The molecule has 3 rings (SSSR count). The van der Waals surface area contributed by atoms with Crippen molar-refractivity contribution < 1.29 is 9.66 Å². The zero-order valence-electron chi connectivity index (χ0n) is 12.7. The van der Waals surface area contributed by atoms with Gasteiger partial charge < -0.3 is 10.5 Å². The molecule has 6 nitrogen and oxygen atoms in total. The summed E-state index contributed by atoms with van der Waals surface area (Å²) in [5, 5.41) is 11.7. The summed E-state index contributed by atoms with van der Waals surface area (Å²) in [6, 6.07) is 8.35. The van der Waals surface area contributed by atoms with Crippen LogP contribution >= 0.6 is 11.3 Å². The number of non-ortho nitro benzene ring substituents is 1. The van der Waals surface area contributed by atoms with E-state index in [9.17, 15) is 10.1 Å². The van der Waals surface area contributed by atoms with E-state index in [1.165, 1.54) is 23.5 Å². The first-order valence-electron chi connectivity index (χ1n) is 6.93. The van der Waals surface area contributed by atoms with Crippen molar-refractivity contribution in [2.24, 2.45) is 0 Å². The molecule has 0 aliphatic carbocycles. The van der Waals surface area contributed by atoms with Gasteiger partial charge in [0.05, 0.1) is 22.1 Å². The van der Waals surface area contributed by atoms with Crippen molar-refractivity contribution in [3.8, 4) is 10.4 Å². The number of hydrogen-bond donors (Lipinski definition) is 1. The standard InChI is InChI=1S/C16H15N3O3S/c1-9-7-11(8-22-2)13-14(17)15(23-16(13)18-9)10-3-5-12(6-4-10)19(20)21/h3-7H,8,17H2,1-2H3. The Kier molecular flexibility index (Phi) is 3.97. The van der Waals surface area contributed by atoms with Crippen LogP contribution in [0.15, 0.2) is 30.3 Å². The number of nitrogens with zero attached hydrogens (tertiary/aromatic N) is 2. The molecule has 0 aliphatic rings. The summed E-state index contributed by atoms with van der Waals surface area (Å²) in [6.07, 6.45) is 0. The number of nitro benzene ring substituents is 1. The number of hydrogen-bond acceptors (Lipinski definition) is 6. The Balaban J connectivity index is 2.17. The highest BCUT2D eigenvalue weighted by atomic mass is 32.1. The number of aromatic nitrogens is 1. The van der Waals surface area contributed by atoms with Gasteiger partial charge in [0.2, 0.25) is 0 Å². The molecular weight excluding hydrogens is 314 g/mol. The van der Waals surface area contributed by atoms with Crippen LogP contribution in [0.4, 0.5) is 11.4 Å². The van der Waals surface area contributed by atoms with E-state index in [0.717, 1.165) is 31.9 Å². The molecule has 23 heavy (non-hydrogen) atoms. The van der Waals surface area contributed by atoms with Gasteiger partial charge in [0.1, 0.15) is 4.83 Å². The molecule has 0 aliphatic heterocycles. The molecule has 2 N–H and O–H groups in total. The van der Waals surface area contributed by atoms with Gasteiger partial charge in [0.15, 0.2) is 0 Å². The molecular formula is C16H15N3O3S. The number of thiophene rings is 1. The zero-order chi connectivity index (χ0) is 16.6. The summed E-state index contributed by atoms with van der Waals surface area (Å²) in [5.74, 6) is 0. The van der Waals surface area contributed by atoms with Gasteiger partial charge in [-0.25, -0.2) is 4.98 Å². The second kappa shape index (κ2) is 5.94. The van der Waals surface area contributed by atoms with E-state index in [0.29, 0.717) is 12.3 Å². The molecule has 0 radical (unpaired) electrons. The lowest BCUT2D eigenvalue weighted by atomic mass is 10.1. The number of nitrogens with two attached hydrogens (primary N) is 1. The molecule has 0 spiro atoms. The number of nitro groups is 1. The maximum Gasteiger partial charge on any atom is 0.269 e. The zero-order valence-corrected chi connectivity index (χ0v) is 13.5. The highest BCUT2D eigenvalue weighted by Gasteiger charge is 2.17. The van der Waals surface area contributed by atoms with Crippen LogP contribution in [0.5, 0.6) is 0 Å². The third-order valence-electron chi connectivity index (χ3n) is 3.55. The largest absolute Gasteiger partial charge is 0.397 e. The average Bonchev–Trinajstić information content (AvgIpc) is 2.84. The number of nitrogen functional groups attached to an aromatic ring is 1. The predicted molar refractivity (Wildman–Crippen MR) is 91.6 cm³/mol. The Labute approximate surface area is 136 Å². The van der Waals surface area contributed by atoms with E-state index in [-0.39, 0.29) is 5.69 Å². The molecule has 2 aromatic heterocycles. The lowest BCUT2D eigenvalue weighted by Crippen LogP contribution is -1.95. The number of anilines is 1. The molecule has 0 fully saturated rings. The Morgan fingerprint density at radius 3 is 2.65 bits per heavy atom. The van der Waals surface area contributed by atoms with Crippen molar-refractivity contribution in [1.29, 1.82) is 0 Å². The number of ether oxygens (including phenoxy) is 1. The van der Waals surface area contributed by atoms with Crippen LogP contribution in [0.1, 0.15) is 11.3 Å². The summed E-state index contributed by atoms with van der Waals surface area (Å²) in [4.78, 5) is 16.6. The van der Waals surface area contributed by atoms with Crippen LogP contribution < -0.4 is 5.73 Å². The van der Waals surface area contributed by atoms with Crippen LogP contribution in [-0.2, 0) is 11.3 Å². The SMILES string of the molecule is COCc1cc(C)nc2sc(-c3ccc([N+](=O)[O-])cc3)c(N)c12. The normalized spacial score (nSPS) is 11.0. The van der Waals surface area contributed by atoms with Crippen molar-refractivity contribution in [3.63, 3.8) is 0 Å². The quantitative estimate of drug-likeness (QED) is 0.579. The number of aryl methyl sites for hydroxylation is 1. The van der Waals surface area contributed by atoms with E-state index >= 15 is 0 Å². The fourth-order valence-corrected chi connectivity index (χ4v) is 3.75. The molecule has 1 aromatic carbocycles. The van der Waals surface area contributed by atoms with E-state index < -0.39 is 4.92 Å². The predicted octanol–water partition coefficient (Wildman–Crippen LogP) is 3.91. The van der Waals surface area contributed by atoms with Crippen LogP contribution in [0.2, 0.25) is 0 Å². The number of benzene rings is 1. The molecule has 0 atom stereocenters. The number of pyridine rings is 1. The Bertz CT molecular complexity index is 888. The van der Waals surface area contributed by atoms with Crippen molar-refractivity contribution in [1.82, 2.24) is 4.98 Å². The Morgan fingerprint density at radius 1 is 1.35 bits per heavy atom. The number of methoxy groups -OCH3 is 1. The van der Waals surface area contributed by atoms with Crippen LogP contribution in [-0.4, -0.2) is 17.0 Å². The first kappa shape index (κ1) is 15.4. The summed E-state index contributed by atoms with van der Waals surface area (Å²) in [7, 11) is 1.64. The lowest BCUT2D eigenvalue weighted by Gasteiger charge is -2.05. The molecule has 0 saturated carbocycles. The van der Waals surface area contributed by atoms with Gasteiger partial charge in [-0.2, -0.15) is 0 Å². The summed E-state index contributed by atoms with van der Waals surface area (Å²) in [5.41, 5.74) is 9.77. The van der Waals surface area contributed by atoms with Crippen molar-refractivity contribution in [3.05, 3.63) is 51.7 Å². The highest BCUT2D eigenvalue weighted by Crippen LogP contribution is 2.42. The molecule has 0 amide bonds. The summed E-state index contributed by atoms with van der Waals surface area (Å²) < 4.78 is 5.25. The van der Waals surface area contributed by atoms with Crippen LogP contribution in [0.25, 0.3) is 20.7 Å². The molecule has 3 aromatic rings. The van der Waals surface area contributed by atoms with Gasteiger partial charge >= 0.3 is 0 Å². The molecule has 2 heterocycles. The monoisotopic (exact) mass is 329 g/mol. The smallest absolute Gasteiger partial charge is 0.269 e. The topological polar surface area (TPSA) is 91.3 Å². The fourth-order valence-electron chi connectivity index (χ4n) is 2.56. The lowest BCUT2D eigenvalue weighted by molar-refractivity contribution is -0.384. The Hall–Kier alpha value is -2.51. The van der Waals surface area contributed by atoms with E-state index in [2.05, 4.69) is 4.98 Å². The van der Waals surface area contributed by atoms with Gasteiger partial charge in [0.25, 0.3) is 5.69 Å². The molecule has 7 heteroatoms. The minimum atomic E-state index is -0.417. The third-order valence-corrected chi connectivity index (χ3v) is 4.70. The van der Waals surface area contributed by atoms with Gasteiger partial charge in [-0.1, -0.05) is 0 Å². The maximum absolute atomic E-state index is 10.8. The minimum absolute atomic E-state index is 0.0578. The van der Waals surface area contributed by atoms with Gasteiger partial charge in [-0.3, -0.25) is 10.1 Å². The van der Waals surface area contributed by atoms with E-state index in [1.54, 1.807) is 19.2 Å². The van der Waals surface area contributed by atoms with E-state index in [1.807, 2.05) is 13.0 Å². The van der Waals surface area contributed by atoms with Crippen molar-refractivity contribution >= 4 is 32.9 Å². The van der Waals surface area contributed by atoms with Gasteiger partial charge in [-0.15, -0.1) is 11.3 Å². The molecule has 118 valence electrons. The Morgan fingerprint density at radius 2 is 2.04 bits per heavy atom. The average molecular weight is 329 g/mol. The molecule has 0 unspecified atom stereocenters. The second-order valence-electron chi connectivity index (χ2n) is 5.18. The van der Waals surface area contributed by atoms with Crippen LogP contribution in [0, 0.1) is 17.0 Å². The van der Waals surface area contributed by atoms with Gasteiger partial charge in [0, 0.05) is 30.3 Å². The van der Waals surface area contributed by atoms with E-state index in [4.69, 9.17) is 10.5 Å². The number of fused-ring (bicyclic) bond motifs is 1. The fraction of sp³-hybridized carbons (Fsp3) is 0.188. The molecule has 0 saturated heterocycles. The summed E-state index contributed by atoms with van der Waals surface area (Å²) in [6.45, 7) is 2.39. The van der Waals surface area contributed by atoms with Gasteiger partial charge in [-0.05, 0) is 36.2 Å². The first-order chi connectivity index (χ1) is 11.0. The second-order valence-corrected chi connectivity index (χ2v) is 6.18. The van der Waals surface area contributed by atoms with Crippen molar-refractivity contribution in [2.45, 2.75) is 13.5 Å². The minimum Gasteiger partial charge on any atom is -0.397 e. The maximum atomic E-state index is 10.8. The highest BCUT2D eigenvalue weighted by molar-refractivity contribution is 7.22. The number of rotatable bonds is 4. The first-order valence-corrected chi connectivity index (χ1v) is 7.75. The molecule has 0 bridgehead atoms.